The number of nitrogens with zero attached hydrogens (tertiary/aromatic N) is 3. The molecule has 110 valence electrons. The van der Waals surface area contributed by atoms with E-state index in [1.165, 1.54) is 0 Å². The Morgan fingerprint density at radius 3 is 2.86 bits per heavy atom. The van der Waals surface area contributed by atoms with Gasteiger partial charge in [-0.25, -0.2) is 10.8 Å². The molecule has 0 aliphatic rings. The number of halogens is 1. The molecule has 9 heteroatoms. The lowest BCUT2D eigenvalue weighted by molar-refractivity contribution is -0.384. The number of nitrogen functional groups attached to an aromatic ring is 1. The molecule has 0 saturated carbocycles. The molecule has 1 aromatic heterocycles. The number of hydrogen-bond acceptors (Lipinski definition) is 7. The van der Waals surface area contributed by atoms with Crippen molar-refractivity contribution in [2.45, 2.75) is 13.0 Å². The molecule has 0 fully saturated rings. The standard InChI is InChI=1S/C12H13ClN6O2/c1-7(8-3-2-4-9(13)5-8)16-11-10(19(20)21)6-15-12(17-11)18-14/h2-7H,14H2,1H3,(H2,15,16,17,18). The molecule has 0 aliphatic carbocycles. The zero-order valence-electron chi connectivity index (χ0n) is 11.1. The van der Waals surface area contributed by atoms with E-state index >= 15 is 0 Å². The Hall–Kier alpha value is -2.45. The van der Waals surface area contributed by atoms with Gasteiger partial charge in [-0.3, -0.25) is 15.5 Å². The van der Waals surface area contributed by atoms with Gasteiger partial charge in [0.2, 0.25) is 11.8 Å². The Balaban J connectivity index is 2.31. The minimum atomic E-state index is -0.562. The van der Waals surface area contributed by atoms with Crippen LogP contribution < -0.4 is 16.6 Å². The molecule has 0 aliphatic heterocycles. The summed E-state index contributed by atoms with van der Waals surface area (Å²) >= 11 is 5.93. The van der Waals surface area contributed by atoms with Crippen LogP contribution in [0.5, 0.6) is 0 Å². The fourth-order valence-corrected chi connectivity index (χ4v) is 1.95. The smallest absolute Gasteiger partial charge is 0.329 e. The van der Waals surface area contributed by atoms with Crippen LogP contribution in [-0.2, 0) is 0 Å². The van der Waals surface area contributed by atoms with Gasteiger partial charge in [-0.05, 0) is 24.6 Å². The largest absolute Gasteiger partial charge is 0.358 e. The summed E-state index contributed by atoms with van der Waals surface area (Å²) in [4.78, 5) is 18.1. The van der Waals surface area contributed by atoms with Crippen LogP contribution in [0, 0.1) is 10.1 Å². The van der Waals surface area contributed by atoms with Crippen LogP contribution in [0.4, 0.5) is 17.5 Å². The summed E-state index contributed by atoms with van der Waals surface area (Å²) in [6, 6.07) is 6.95. The Bertz CT molecular complexity index is 666. The summed E-state index contributed by atoms with van der Waals surface area (Å²) in [5, 5.41) is 14.6. The lowest BCUT2D eigenvalue weighted by Gasteiger charge is -2.15. The molecule has 21 heavy (non-hydrogen) atoms. The third kappa shape index (κ3) is 3.56. The average Bonchev–Trinajstić information content (AvgIpc) is 2.46. The molecule has 4 N–H and O–H groups in total. The van der Waals surface area contributed by atoms with E-state index in [4.69, 9.17) is 17.4 Å². The van der Waals surface area contributed by atoms with Gasteiger partial charge < -0.3 is 5.32 Å². The van der Waals surface area contributed by atoms with E-state index in [0.717, 1.165) is 11.8 Å². The van der Waals surface area contributed by atoms with Crippen LogP contribution in [-0.4, -0.2) is 14.9 Å². The summed E-state index contributed by atoms with van der Waals surface area (Å²) < 4.78 is 0. The van der Waals surface area contributed by atoms with Crippen LogP contribution >= 0.6 is 11.6 Å². The number of hydrogen-bond donors (Lipinski definition) is 3. The predicted octanol–water partition coefficient (Wildman–Crippen LogP) is 2.50. The van der Waals surface area contributed by atoms with Crippen LogP contribution in [0.15, 0.2) is 30.5 Å². The number of anilines is 2. The third-order valence-electron chi connectivity index (χ3n) is 2.80. The van der Waals surface area contributed by atoms with E-state index < -0.39 is 4.92 Å². The number of nitro groups is 1. The fraction of sp³-hybridized carbons (Fsp3) is 0.167. The molecular weight excluding hydrogens is 296 g/mol. The van der Waals surface area contributed by atoms with E-state index in [1.54, 1.807) is 18.2 Å². The number of benzene rings is 1. The Labute approximate surface area is 125 Å². The lowest BCUT2D eigenvalue weighted by Crippen LogP contribution is -2.14. The van der Waals surface area contributed by atoms with Gasteiger partial charge >= 0.3 is 5.69 Å². The molecule has 1 atom stereocenters. The molecule has 2 aromatic rings. The minimum absolute atomic E-state index is 0.0791. The summed E-state index contributed by atoms with van der Waals surface area (Å²) in [6.07, 6.45) is 1.09. The summed E-state index contributed by atoms with van der Waals surface area (Å²) in [6.45, 7) is 1.84. The van der Waals surface area contributed by atoms with E-state index in [9.17, 15) is 10.1 Å². The van der Waals surface area contributed by atoms with Crippen molar-refractivity contribution in [2.75, 3.05) is 10.7 Å². The molecule has 1 heterocycles. The lowest BCUT2D eigenvalue weighted by atomic mass is 10.1. The molecule has 1 aromatic carbocycles. The van der Waals surface area contributed by atoms with Gasteiger partial charge in [-0.2, -0.15) is 4.98 Å². The van der Waals surface area contributed by atoms with Crippen molar-refractivity contribution in [3.63, 3.8) is 0 Å². The van der Waals surface area contributed by atoms with E-state index in [-0.39, 0.29) is 23.5 Å². The number of aromatic nitrogens is 2. The number of nitrogens with two attached hydrogens (primary N) is 1. The van der Waals surface area contributed by atoms with Crippen LogP contribution in [0.25, 0.3) is 0 Å². The molecule has 1 unspecified atom stereocenters. The Morgan fingerprint density at radius 2 is 2.24 bits per heavy atom. The molecule has 0 spiro atoms. The monoisotopic (exact) mass is 308 g/mol. The zero-order valence-corrected chi connectivity index (χ0v) is 11.8. The highest BCUT2D eigenvalue weighted by atomic mass is 35.5. The summed E-state index contributed by atoms with van der Waals surface area (Å²) in [7, 11) is 0. The molecule has 0 bridgehead atoms. The second kappa shape index (κ2) is 6.33. The second-order valence-corrected chi connectivity index (χ2v) is 4.69. The van der Waals surface area contributed by atoms with Crippen LogP contribution in [0.3, 0.4) is 0 Å². The second-order valence-electron chi connectivity index (χ2n) is 4.25. The van der Waals surface area contributed by atoms with Gasteiger partial charge in [-0.1, -0.05) is 23.7 Å². The van der Waals surface area contributed by atoms with Gasteiger partial charge in [0.15, 0.2) is 0 Å². The average molecular weight is 309 g/mol. The molecule has 0 radical (unpaired) electrons. The van der Waals surface area contributed by atoms with Crippen molar-refractivity contribution in [1.29, 1.82) is 0 Å². The highest BCUT2D eigenvalue weighted by Gasteiger charge is 2.19. The molecular formula is C12H13ClN6O2. The summed E-state index contributed by atoms with van der Waals surface area (Å²) in [5.41, 5.74) is 2.89. The maximum absolute atomic E-state index is 11.0. The highest BCUT2D eigenvalue weighted by molar-refractivity contribution is 6.30. The first-order valence-corrected chi connectivity index (χ1v) is 6.39. The fourth-order valence-electron chi connectivity index (χ4n) is 1.75. The number of hydrazine groups is 1. The van der Waals surface area contributed by atoms with Crippen molar-refractivity contribution < 1.29 is 4.92 Å². The van der Waals surface area contributed by atoms with E-state index in [1.807, 2.05) is 13.0 Å². The first-order valence-electron chi connectivity index (χ1n) is 6.01. The van der Waals surface area contributed by atoms with Crippen molar-refractivity contribution in [2.24, 2.45) is 5.84 Å². The zero-order chi connectivity index (χ0) is 15.4. The van der Waals surface area contributed by atoms with Gasteiger partial charge in [-0.15, -0.1) is 0 Å². The van der Waals surface area contributed by atoms with Crippen molar-refractivity contribution in [3.05, 3.63) is 51.2 Å². The first kappa shape index (κ1) is 14.9. The quantitative estimate of drug-likeness (QED) is 0.441. The molecule has 2 rings (SSSR count). The predicted molar refractivity (Wildman–Crippen MR) is 80.0 cm³/mol. The highest BCUT2D eigenvalue weighted by Crippen LogP contribution is 2.27. The minimum Gasteiger partial charge on any atom is -0.358 e. The molecule has 0 saturated heterocycles. The van der Waals surface area contributed by atoms with Crippen LogP contribution in [0.1, 0.15) is 18.5 Å². The van der Waals surface area contributed by atoms with Gasteiger partial charge in [0.25, 0.3) is 0 Å². The van der Waals surface area contributed by atoms with Gasteiger partial charge in [0, 0.05) is 5.02 Å². The molecule has 0 amide bonds. The third-order valence-corrected chi connectivity index (χ3v) is 3.03. The van der Waals surface area contributed by atoms with Crippen molar-refractivity contribution >= 4 is 29.1 Å². The number of rotatable bonds is 5. The Morgan fingerprint density at radius 1 is 1.48 bits per heavy atom. The Kier molecular flexibility index (Phi) is 4.51. The van der Waals surface area contributed by atoms with Crippen molar-refractivity contribution in [3.8, 4) is 0 Å². The van der Waals surface area contributed by atoms with E-state index in [0.29, 0.717) is 5.02 Å². The van der Waals surface area contributed by atoms with Gasteiger partial charge in [0.05, 0.1) is 11.0 Å². The van der Waals surface area contributed by atoms with E-state index in [2.05, 4.69) is 20.7 Å². The SMILES string of the molecule is CC(Nc1nc(NN)ncc1[N+](=O)[O-])c1cccc(Cl)c1. The topological polar surface area (TPSA) is 119 Å². The maximum atomic E-state index is 11.0. The maximum Gasteiger partial charge on any atom is 0.329 e. The van der Waals surface area contributed by atoms with Crippen LogP contribution in [0.2, 0.25) is 5.02 Å². The van der Waals surface area contributed by atoms with Gasteiger partial charge in [0.1, 0.15) is 6.20 Å². The number of nitrogens with one attached hydrogen (secondary N) is 2. The first-order chi connectivity index (χ1) is 10.0. The molecule has 8 nitrogen and oxygen atoms in total. The van der Waals surface area contributed by atoms with Crippen molar-refractivity contribution in [1.82, 2.24) is 9.97 Å². The summed E-state index contributed by atoms with van der Waals surface area (Å²) in [5.74, 6) is 5.38. The normalized spacial score (nSPS) is 11.8.